The van der Waals surface area contributed by atoms with Crippen LogP contribution in [0.5, 0.6) is 0 Å². The first-order valence-electron chi connectivity index (χ1n) is 25.2. The number of pyridine rings is 1. The van der Waals surface area contributed by atoms with Crippen LogP contribution in [0.3, 0.4) is 0 Å². The summed E-state index contributed by atoms with van der Waals surface area (Å²) >= 11 is 1.29. The largest absolute Gasteiger partial charge is 0.459 e. The fourth-order valence-corrected chi connectivity index (χ4v) is 9.94. The van der Waals surface area contributed by atoms with Gasteiger partial charge in [0.05, 0.1) is 55.8 Å². The number of hydrogen-bond donors (Lipinski definition) is 1. The molecule has 0 aliphatic carbocycles. The number of benzene rings is 6. The van der Waals surface area contributed by atoms with Gasteiger partial charge >= 0.3 is 11.9 Å². The first kappa shape index (κ1) is 54.2. The molecule has 0 spiro atoms. The molecule has 2 fully saturated rings. The van der Waals surface area contributed by atoms with Crippen molar-refractivity contribution in [3.8, 4) is 0 Å². The Morgan fingerprint density at radius 1 is 0.500 bits per heavy atom. The standard InChI is InChI=1S/C61H61NO13S/c1-66-60-56(71-39-46-28-15-6-16-29-46)54(69-37-44-24-11-4-12-25-44)52(63)49(73-60)41-72-58(64)47-30-19-31-48(34-47)59(65)75-57-55(70-38-45-26-13-5-14-27-45)53(68-36-43-22-9-3-10-23-43)50(40-67-35-42-20-7-2-8-21-42)74-61(57)76-51-32-17-18-33-62-51/h2-34,49-50,52-57,60-61,63H,35-41H2,1H3/t49-,50-,52-,53-,54+,55+,56-,57+,60+,61-/m1/s1. The molecule has 1 aromatic heterocycles. The quantitative estimate of drug-likeness (QED) is 0.0570. The van der Waals surface area contributed by atoms with Crippen LogP contribution < -0.4 is 0 Å². The molecule has 0 amide bonds. The third kappa shape index (κ3) is 15.1. The monoisotopic (exact) mass is 1050 g/mol. The number of aromatic nitrogens is 1. The van der Waals surface area contributed by atoms with Crippen molar-refractivity contribution in [1.82, 2.24) is 4.98 Å². The van der Waals surface area contributed by atoms with Gasteiger partial charge in [0.1, 0.15) is 54.8 Å². The van der Waals surface area contributed by atoms with E-state index in [1.165, 1.54) is 31.0 Å². The van der Waals surface area contributed by atoms with E-state index in [1.807, 2.05) is 170 Å². The number of ether oxygens (including phenoxy) is 10. The summed E-state index contributed by atoms with van der Waals surface area (Å²) in [6.45, 7) is 0.818. The zero-order valence-electron chi connectivity index (χ0n) is 42.0. The molecule has 0 unspecified atom stereocenters. The minimum absolute atomic E-state index is 0.0554. The van der Waals surface area contributed by atoms with Gasteiger partial charge in [-0.25, -0.2) is 14.6 Å². The van der Waals surface area contributed by atoms with Crippen molar-refractivity contribution in [2.45, 2.75) is 98.6 Å². The van der Waals surface area contributed by atoms with Gasteiger partial charge < -0.3 is 52.5 Å². The number of thioether (sulfide) groups is 1. The number of hydrogen-bond acceptors (Lipinski definition) is 15. The van der Waals surface area contributed by atoms with Gasteiger partial charge in [-0.15, -0.1) is 0 Å². The summed E-state index contributed by atoms with van der Waals surface area (Å²) in [5.41, 5.74) is 3.86. The third-order valence-electron chi connectivity index (χ3n) is 12.8. The van der Waals surface area contributed by atoms with Crippen LogP contribution in [0.4, 0.5) is 0 Å². The molecule has 3 heterocycles. The van der Waals surface area contributed by atoms with Gasteiger partial charge in [-0.05, 0) is 58.1 Å². The molecule has 2 aliphatic heterocycles. The van der Waals surface area contributed by atoms with Gasteiger partial charge in [0.2, 0.25) is 0 Å². The first-order chi connectivity index (χ1) is 37.4. The average molecular weight is 1050 g/mol. The Morgan fingerprint density at radius 2 is 0.987 bits per heavy atom. The Bertz CT molecular complexity index is 2820. The van der Waals surface area contributed by atoms with Crippen molar-refractivity contribution in [3.63, 3.8) is 0 Å². The molecule has 76 heavy (non-hydrogen) atoms. The number of nitrogens with zero attached hydrogens (tertiary/aromatic N) is 1. The molecular formula is C61H61NO13S. The summed E-state index contributed by atoms with van der Waals surface area (Å²) in [5.74, 6) is -1.53. The second-order valence-corrected chi connectivity index (χ2v) is 19.3. The van der Waals surface area contributed by atoms with Crippen molar-refractivity contribution in [2.24, 2.45) is 0 Å². The van der Waals surface area contributed by atoms with Crippen LogP contribution in [0, 0.1) is 0 Å². The topological polar surface area (TPSA) is 160 Å². The third-order valence-corrected chi connectivity index (χ3v) is 13.9. The predicted octanol–water partition coefficient (Wildman–Crippen LogP) is 9.57. The number of rotatable bonds is 24. The summed E-state index contributed by atoms with van der Waals surface area (Å²) in [7, 11) is 1.47. The van der Waals surface area contributed by atoms with Crippen molar-refractivity contribution in [3.05, 3.63) is 239 Å². The highest BCUT2D eigenvalue weighted by Gasteiger charge is 2.51. The van der Waals surface area contributed by atoms with E-state index in [0.29, 0.717) is 11.6 Å². The van der Waals surface area contributed by atoms with Crippen molar-refractivity contribution < 1.29 is 62.1 Å². The Labute approximate surface area is 447 Å². The lowest BCUT2D eigenvalue weighted by molar-refractivity contribution is -0.313. The Morgan fingerprint density at radius 3 is 1.51 bits per heavy atom. The maximum Gasteiger partial charge on any atom is 0.338 e. The van der Waals surface area contributed by atoms with E-state index in [1.54, 1.807) is 18.3 Å². The molecule has 2 aliphatic rings. The van der Waals surface area contributed by atoms with Crippen molar-refractivity contribution >= 4 is 23.7 Å². The normalized spacial score (nSPS) is 23.3. The lowest BCUT2D eigenvalue weighted by Gasteiger charge is -2.45. The minimum Gasteiger partial charge on any atom is -0.459 e. The second-order valence-electron chi connectivity index (χ2n) is 18.2. The Balaban J connectivity index is 0.941. The molecule has 0 saturated carbocycles. The lowest BCUT2D eigenvalue weighted by atomic mass is 9.98. The molecule has 2 saturated heterocycles. The van der Waals surface area contributed by atoms with Crippen LogP contribution in [-0.4, -0.2) is 103 Å². The molecule has 15 heteroatoms. The highest BCUT2D eigenvalue weighted by Crippen LogP contribution is 2.38. The number of carbonyl (C=O) groups excluding carboxylic acids is 2. The molecule has 0 radical (unpaired) electrons. The smallest absolute Gasteiger partial charge is 0.338 e. The van der Waals surface area contributed by atoms with E-state index in [9.17, 15) is 14.7 Å². The lowest BCUT2D eigenvalue weighted by Crippen LogP contribution is -2.60. The van der Waals surface area contributed by atoms with E-state index < -0.39 is 72.5 Å². The maximum absolute atomic E-state index is 14.6. The van der Waals surface area contributed by atoms with Crippen LogP contribution in [0.25, 0.3) is 0 Å². The van der Waals surface area contributed by atoms with Gasteiger partial charge in [-0.3, -0.25) is 0 Å². The van der Waals surface area contributed by atoms with Gasteiger partial charge in [-0.2, -0.15) is 0 Å². The fraction of sp³-hybridized carbons (Fsp3) is 0.295. The van der Waals surface area contributed by atoms with Crippen molar-refractivity contribution in [2.75, 3.05) is 20.3 Å². The molecule has 14 nitrogen and oxygen atoms in total. The summed E-state index contributed by atoms with van der Waals surface area (Å²) < 4.78 is 63.8. The van der Waals surface area contributed by atoms with E-state index >= 15 is 0 Å². The highest BCUT2D eigenvalue weighted by molar-refractivity contribution is 7.99. The van der Waals surface area contributed by atoms with E-state index in [-0.39, 0.29) is 50.8 Å². The average Bonchev–Trinajstić information content (AvgIpc) is 3.47. The SMILES string of the molecule is CO[C@H]1O[C@H](COC(=O)c2cccc(C(=O)O[C@H]3[C@@H](OCc4ccccc4)[C@H](OCc4ccccc4)[C@@H](COCc4ccccc4)O[C@@H]3Sc3ccccn3)c2)[C@@H](O)[C@H](OCc2ccccc2)[C@H]1OCc1ccccc1. The van der Waals surface area contributed by atoms with Crippen molar-refractivity contribution in [1.29, 1.82) is 0 Å². The summed E-state index contributed by atoms with van der Waals surface area (Å²) in [5, 5.41) is 12.4. The Hall–Kier alpha value is -6.60. The van der Waals surface area contributed by atoms with Gasteiger partial charge in [0, 0.05) is 13.3 Å². The number of esters is 2. The molecular weight excluding hydrogens is 987 g/mol. The molecule has 394 valence electrons. The predicted molar refractivity (Wildman–Crippen MR) is 283 cm³/mol. The highest BCUT2D eigenvalue weighted by atomic mass is 32.2. The van der Waals surface area contributed by atoms with E-state index in [4.69, 9.17) is 47.4 Å². The van der Waals surface area contributed by atoms with Crippen LogP contribution in [0.15, 0.2) is 205 Å². The number of methoxy groups -OCH3 is 1. The van der Waals surface area contributed by atoms with E-state index in [0.717, 1.165) is 27.8 Å². The molecule has 1 N–H and O–H groups in total. The summed E-state index contributed by atoms with van der Waals surface area (Å²) in [6.07, 6.45) is -6.93. The number of carbonyl (C=O) groups is 2. The maximum atomic E-state index is 14.6. The van der Waals surface area contributed by atoms with Crippen LogP contribution in [0.1, 0.15) is 48.5 Å². The number of aliphatic hydroxyl groups is 1. The zero-order valence-corrected chi connectivity index (χ0v) is 42.8. The molecule has 9 rings (SSSR count). The molecule has 0 bridgehead atoms. The zero-order chi connectivity index (χ0) is 52.3. The summed E-state index contributed by atoms with van der Waals surface area (Å²) in [4.78, 5) is 33.1. The Kier molecular flexibility index (Phi) is 19.9. The van der Waals surface area contributed by atoms with Crippen LogP contribution in [-0.2, 0) is 80.4 Å². The van der Waals surface area contributed by atoms with E-state index in [2.05, 4.69) is 4.98 Å². The van der Waals surface area contributed by atoms with Gasteiger partial charge in [0.25, 0.3) is 0 Å². The molecule has 6 aromatic carbocycles. The first-order valence-corrected chi connectivity index (χ1v) is 26.1. The fourth-order valence-electron chi connectivity index (χ4n) is 8.88. The number of aliphatic hydroxyl groups excluding tert-OH is 1. The van der Waals surface area contributed by atoms with Crippen LogP contribution >= 0.6 is 11.8 Å². The molecule has 10 atom stereocenters. The molecule has 7 aromatic rings. The van der Waals surface area contributed by atoms with Crippen LogP contribution in [0.2, 0.25) is 0 Å². The van der Waals surface area contributed by atoms with Gasteiger partial charge in [0.15, 0.2) is 12.4 Å². The minimum atomic E-state index is -1.30. The second kappa shape index (κ2) is 28.0. The van der Waals surface area contributed by atoms with Gasteiger partial charge in [-0.1, -0.05) is 176 Å². The summed E-state index contributed by atoms with van der Waals surface area (Å²) in [6, 6.07) is 60.0.